The molecule has 5 N–H and O–H groups in total. The number of hydrogen-bond acceptors (Lipinski definition) is 4. The molecule has 2 aromatic rings. The number of nitrogens with one attached hydrogen (secondary N) is 3. The predicted octanol–water partition coefficient (Wildman–Crippen LogP) is 7.33. The number of ether oxygens (including phenoxy) is 1. The Hall–Kier alpha value is -3.21. The molecule has 0 spiro atoms. The Bertz CT molecular complexity index is 1160. The molecule has 1 fully saturated rings. The van der Waals surface area contributed by atoms with Gasteiger partial charge in [-0.3, -0.25) is 4.79 Å². The van der Waals surface area contributed by atoms with E-state index in [1.165, 1.54) is 30.7 Å². The first-order valence-corrected chi connectivity index (χ1v) is 13.2. The number of halogens is 5. The molecular formula is C27H33ClF4N4O3. The van der Waals surface area contributed by atoms with Crippen LogP contribution in [0.5, 0.6) is 5.75 Å². The molecule has 0 aromatic heterocycles. The Morgan fingerprint density at radius 3 is 2.26 bits per heavy atom. The lowest BCUT2D eigenvalue weighted by Gasteiger charge is -2.35. The monoisotopic (exact) mass is 572 g/mol. The number of carbonyl (C=O) groups excluding carboxylic acids is 2. The van der Waals surface area contributed by atoms with E-state index in [9.17, 15) is 27.2 Å². The van der Waals surface area contributed by atoms with E-state index in [1.807, 2.05) is 0 Å². The maximum atomic E-state index is 14.2. The number of carbonyl (C=O) groups is 2. The van der Waals surface area contributed by atoms with Crippen molar-refractivity contribution >= 4 is 40.6 Å². The van der Waals surface area contributed by atoms with Crippen molar-refractivity contribution in [2.45, 2.75) is 70.7 Å². The second kappa shape index (κ2) is 13.2. The van der Waals surface area contributed by atoms with Crippen LogP contribution >= 0.6 is 11.6 Å². The van der Waals surface area contributed by atoms with Crippen molar-refractivity contribution < 1.29 is 31.9 Å². The van der Waals surface area contributed by atoms with Gasteiger partial charge < -0.3 is 26.4 Å². The van der Waals surface area contributed by atoms with E-state index in [1.54, 1.807) is 6.07 Å². The third-order valence-corrected chi connectivity index (χ3v) is 6.86. The Morgan fingerprint density at radius 2 is 1.67 bits per heavy atom. The molecule has 3 rings (SSSR count). The molecule has 0 heterocycles. The second-order valence-electron chi connectivity index (χ2n) is 10.1. The van der Waals surface area contributed by atoms with Gasteiger partial charge in [-0.25, -0.2) is 9.18 Å². The SMILES string of the molecule is CC(C)C(Nc1ccc(OC(CC(F)(F)F)C(N)=O)cc1NC(=O)Nc1ccc(Cl)cc1F)C1CCCCC1. The smallest absolute Gasteiger partial charge is 0.393 e. The summed E-state index contributed by atoms with van der Waals surface area (Å²) in [5.41, 5.74) is 5.66. The number of alkyl halides is 3. The average Bonchev–Trinajstić information content (AvgIpc) is 2.84. The highest BCUT2D eigenvalue weighted by molar-refractivity contribution is 6.30. The molecule has 1 saturated carbocycles. The first-order chi connectivity index (χ1) is 18.3. The number of hydrogen-bond donors (Lipinski definition) is 4. The van der Waals surface area contributed by atoms with Gasteiger partial charge in [-0.2, -0.15) is 13.2 Å². The van der Waals surface area contributed by atoms with Crippen molar-refractivity contribution in [2.24, 2.45) is 17.6 Å². The lowest BCUT2D eigenvalue weighted by molar-refractivity contribution is -0.159. The normalized spacial score (nSPS) is 15.9. The Labute approximate surface area is 229 Å². The maximum Gasteiger partial charge on any atom is 0.393 e. The number of nitrogens with two attached hydrogens (primary N) is 1. The van der Waals surface area contributed by atoms with Gasteiger partial charge in [-0.1, -0.05) is 44.7 Å². The second-order valence-corrected chi connectivity index (χ2v) is 10.5. The molecule has 39 heavy (non-hydrogen) atoms. The first-order valence-electron chi connectivity index (χ1n) is 12.8. The first kappa shape index (κ1) is 30.3. The van der Waals surface area contributed by atoms with E-state index in [2.05, 4.69) is 29.8 Å². The highest BCUT2D eigenvalue weighted by Crippen LogP contribution is 2.35. The Balaban J connectivity index is 1.90. The van der Waals surface area contributed by atoms with Crippen LogP contribution < -0.4 is 26.4 Å². The molecule has 3 amide bonds. The van der Waals surface area contributed by atoms with Gasteiger partial charge in [0.1, 0.15) is 11.6 Å². The zero-order chi connectivity index (χ0) is 28.7. The lowest BCUT2D eigenvalue weighted by atomic mass is 9.79. The van der Waals surface area contributed by atoms with E-state index >= 15 is 0 Å². The minimum atomic E-state index is -4.69. The number of urea groups is 1. The van der Waals surface area contributed by atoms with Crippen LogP contribution in [0.15, 0.2) is 36.4 Å². The topological polar surface area (TPSA) is 105 Å². The number of amides is 3. The molecule has 0 radical (unpaired) electrons. The van der Waals surface area contributed by atoms with Crippen molar-refractivity contribution in [1.29, 1.82) is 0 Å². The van der Waals surface area contributed by atoms with Crippen molar-refractivity contribution in [2.75, 3.05) is 16.0 Å². The summed E-state index contributed by atoms with van der Waals surface area (Å²) in [6, 6.07) is 7.24. The van der Waals surface area contributed by atoms with Crippen LogP contribution in [0.25, 0.3) is 0 Å². The summed E-state index contributed by atoms with van der Waals surface area (Å²) in [5, 5.41) is 8.63. The Morgan fingerprint density at radius 1 is 1.03 bits per heavy atom. The molecule has 1 aliphatic rings. The predicted molar refractivity (Wildman–Crippen MR) is 144 cm³/mol. The lowest BCUT2D eigenvalue weighted by Crippen LogP contribution is -2.37. The van der Waals surface area contributed by atoms with Crippen molar-refractivity contribution in [3.05, 3.63) is 47.2 Å². The summed E-state index contributed by atoms with van der Waals surface area (Å²) < 4.78 is 58.3. The van der Waals surface area contributed by atoms with Crippen LogP contribution in [0.2, 0.25) is 5.02 Å². The third kappa shape index (κ3) is 9.19. The van der Waals surface area contributed by atoms with E-state index < -0.39 is 36.5 Å². The minimum absolute atomic E-state index is 0.0537. The van der Waals surface area contributed by atoms with Gasteiger partial charge in [0.2, 0.25) is 0 Å². The summed E-state index contributed by atoms with van der Waals surface area (Å²) in [5.74, 6) is -1.51. The van der Waals surface area contributed by atoms with Gasteiger partial charge in [0.25, 0.3) is 5.91 Å². The zero-order valence-electron chi connectivity index (χ0n) is 21.7. The Kier molecular flexibility index (Phi) is 10.3. The molecule has 1 aliphatic carbocycles. The molecule has 214 valence electrons. The number of rotatable bonds is 10. The fourth-order valence-corrected chi connectivity index (χ4v) is 4.93. The van der Waals surface area contributed by atoms with Crippen molar-refractivity contribution in [1.82, 2.24) is 0 Å². The fraction of sp³-hybridized carbons (Fsp3) is 0.481. The third-order valence-electron chi connectivity index (χ3n) is 6.63. The summed E-state index contributed by atoms with van der Waals surface area (Å²) in [4.78, 5) is 24.4. The van der Waals surface area contributed by atoms with E-state index in [-0.39, 0.29) is 34.1 Å². The number of anilines is 3. The highest BCUT2D eigenvalue weighted by atomic mass is 35.5. The largest absolute Gasteiger partial charge is 0.480 e. The van der Waals surface area contributed by atoms with Gasteiger partial charge in [-0.15, -0.1) is 0 Å². The average molecular weight is 573 g/mol. The summed E-state index contributed by atoms with van der Waals surface area (Å²) >= 11 is 5.77. The quantitative estimate of drug-likeness (QED) is 0.224. The number of primary amides is 1. The molecule has 2 atom stereocenters. The summed E-state index contributed by atoms with van der Waals surface area (Å²) in [7, 11) is 0. The summed E-state index contributed by atoms with van der Waals surface area (Å²) in [6.45, 7) is 4.17. The molecular weight excluding hydrogens is 540 g/mol. The van der Waals surface area contributed by atoms with Crippen molar-refractivity contribution in [3.8, 4) is 5.75 Å². The zero-order valence-corrected chi connectivity index (χ0v) is 22.5. The van der Waals surface area contributed by atoms with Crippen LogP contribution in [0.1, 0.15) is 52.4 Å². The van der Waals surface area contributed by atoms with E-state index in [0.717, 1.165) is 31.7 Å². The molecule has 2 aromatic carbocycles. The molecule has 2 unspecified atom stereocenters. The maximum absolute atomic E-state index is 14.2. The van der Waals surface area contributed by atoms with Gasteiger partial charge in [0.05, 0.1) is 23.5 Å². The van der Waals surface area contributed by atoms with E-state index in [4.69, 9.17) is 22.1 Å². The molecule has 0 aliphatic heterocycles. The van der Waals surface area contributed by atoms with Crippen molar-refractivity contribution in [3.63, 3.8) is 0 Å². The van der Waals surface area contributed by atoms with Crippen LogP contribution in [0, 0.1) is 17.7 Å². The van der Waals surface area contributed by atoms with Crippen LogP contribution in [-0.4, -0.2) is 30.3 Å². The van der Waals surface area contributed by atoms with Crippen LogP contribution in [0.4, 0.5) is 39.4 Å². The van der Waals surface area contributed by atoms with Gasteiger partial charge in [-0.05, 0) is 55.0 Å². The molecule has 12 heteroatoms. The van der Waals surface area contributed by atoms with Gasteiger partial charge >= 0.3 is 12.2 Å². The standard InChI is InChI=1S/C27H33ClF4N4O3/c1-15(2)24(16-6-4-3-5-7-16)34-21-11-9-18(39-23(25(33)37)14-27(30,31)32)13-22(21)36-26(38)35-20-10-8-17(28)12-19(20)29/h8-13,15-16,23-24,34H,3-7,14H2,1-2H3,(H2,33,37)(H2,35,36,38). The highest BCUT2D eigenvalue weighted by Gasteiger charge is 2.36. The summed E-state index contributed by atoms with van der Waals surface area (Å²) in [6.07, 6.45) is -2.69. The molecule has 0 bridgehead atoms. The minimum Gasteiger partial charge on any atom is -0.480 e. The molecule has 7 nitrogen and oxygen atoms in total. The van der Waals surface area contributed by atoms with Crippen LogP contribution in [-0.2, 0) is 4.79 Å². The van der Waals surface area contributed by atoms with Gasteiger partial charge in [0, 0.05) is 17.1 Å². The van der Waals surface area contributed by atoms with Crippen LogP contribution in [0.3, 0.4) is 0 Å². The molecule has 0 saturated heterocycles. The number of benzene rings is 2. The van der Waals surface area contributed by atoms with E-state index in [0.29, 0.717) is 11.6 Å². The fourth-order valence-electron chi connectivity index (χ4n) is 4.77. The van der Waals surface area contributed by atoms with Gasteiger partial charge in [0.15, 0.2) is 6.10 Å².